The Bertz CT molecular complexity index is 1000. The number of rotatable bonds is 6. The van der Waals surface area contributed by atoms with Gasteiger partial charge in [-0.3, -0.25) is 20.2 Å². The predicted molar refractivity (Wildman–Crippen MR) is 112 cm³/mol. The quantitative estimate of drug-likeness (QED) is 0.331. The topological polar surface area (TPSA) is 86.3 Å². The molecule has 0 aliphatic heterocycles. The molecule has 0 bridgehead atoms. The SMILES string of the molecule is O=[N+]([O-])c1ccc(SP(=S)(c2ccccc2)c2ccccc2)c([N+](=O)[O-])c1. The molecule has 0 spiro atoms. The molecule has 6 nitrogen and oxygen atoms in total. The van der Waals surface area contributed by atoms with Crippen molar-refractivity contribution in [2.24, 2.45) is 0 Å². The summed E-state index contributed by atoms with van der Waals surface area (Å²) in [5.41, 5.74) is -0.630. The number of nitrogens with zero attached hydrogens (tertiary/aromatic N) is 2. The third-order valence-electron chi connectivity index (χ3n) is 3.77. The van der Waals surface area contributed by atoms with Crippen LogP contribution in [-0.4, -0.2) is 9.85 Å². The molecule has 0 aliphatic rings. The van der Waals surface area contributed by atoms with Crippen molar-refractivity contribution in [2.45, 2.75) is 4.90 Å². The molecule has 0 saturated heterocycles. The fourth-order valence-corrected chi connectivity index (χ4v) is 8.86. The van der Waals surface area contributed by atoms with Crippen molar-refractivity contribution >= 4 is 50.4 Å². The molecule has 3 aromatic rings. The van der Waals surface area contributed by atoms with Crippen molar-refractivity contribution in [2.75, 3.05) is 0 Å². The summed E-state index contributed by atoms with van der Waals surface area (Å²) in [7, 11) is 0. The molecule has 0 unspecified atom stereocenters. The van der Waals surface area contributed by atoms with E-state index in [0.29, 0.717) is 4.90 Å². The first-order chi connectivity index (χ1) is 12.9. The van der Waals surface area contributed by atoms with Crippen molar-refractivity contribution in [1.29, 1.82) is 0 Å². The van der Waals surface area contributed by atoms with Gasteiger partial charge in [0.1, 0.15) is 0 Å². The summed E-state index contributed by atoms with van der Waals surface area (Å²) in [6.07, 6.45) is 0. The molecule has 0 radical (unpaired) electrons. The summed E-state index contributed by atoms with van der Waals surface area (Å²) < 4.78 is 0. The third kappa shape index (κ3) is 4.08. The van der Waals surface area contributed by atoms with E-state index in [2.05, 4.69) is 0 Å². The Labute approximate surface area is 164 Å². The predicted octanol–water partition coefficient (Wildman–Crippen LogP) is 4.64. The van der Waals surface area contributed by atoms with Gasteiger partial charge in [-0.15, -0.1) is 0 Å². The van der Waals surface area contributed by atoms with Gasteiger partial charge >= 0.3 is 0 Å². The molecule has 0 fully saturated rings. The highest BCUT2D eigenvalue weighted by Gasteiger charge is 2.29. The van der Waals surface area contributed by atoms with Crippen LogP contribution in [0.4, 0.5) is 11.4 Å². The lowest BCUT2D eigenvalue weighted by Crippen LogP contribution is -2.13. The monoisotopic (exact) mass is 416 g/mol. The van der Waals surface area contributed by atoms with Crippen molar-refractivity contribution in [3.05, 3.63) is 99.1 Å². The van der Waals surface area contributed by atoms with Gasteiger partial charge in [0.25, 0.3) is 11.4 Å². The van der Waals surface area contributed by atoms with Crippen molar-refractivity contribution in [3.8, 4) is 0 Å². The van der Waals surface area contributed by atoms with E-state index in [1.165, 1.54) is 23.5 Å². The summed E-state index contributed by atoms with van der Waals surface area (Å²) in [5.74, 6) is 0. The van der Waals surface area contributed by atoms with Crippen LogP contribution in [0.3, 0.4) is 0 Å². The van der Waals surface area contributed by atoms with Crippen molar-refractivity contribution in [1.82, 2.24) is 0 Å². The van der Waals surface area contributed by atoms with Crippen LogP contribution in [0.15, 0.2) is 83.8 Å². The highest BCUT2D eigenvalue weighted by atomic mass is 32.9. The van der Waals surface area contributed by atoms with E-state index in [1.807, 2.05) is 60.7 Å². The van der Waals surface area contributed by atoms with Gasteiger partial charge in [-0.1, -0.05) is 83.9 Å². The maximum absolute atomic E-state index is 11.5. The maximum Gasteiger partial charge on any atom is 0.290 e. The first kappa shape index (κ1) is 19.2. The summed E-state index contributed by atoms with van der Waals surface area (Å²) in [6, 6.07) is 22.6. The normalized spacial score (nSPS) is 11.1. The van der Waals surface area contributed by atoms with E-state index in [4.69, 9.17) is 11.8 Å². The van der Waals surface area contributed by atoms with E-state index in [0.717, 1.165) is 16.7 Å². The van der Waals surface area contributed by atoms with Crippen LogP contribution in [0.5, 0.6) is 0 Å². The fraction of sp³-hybridized carbons (Fsp3) is 0. The lowest BCUT2D eigenvalue weighted by Gasteiger charge is -2.22. The van der Waals surface area contributed by atoms with Crippen molar-refractivity contribution < 1.29 is 9.85 Å². The minimum Gasteiger partial charge on any atom is -0.258 e. The zero-order valence-electron chi connectivity index (χ0n) is 13.8. The number of nitro benzene ring substituents is 2. The van der Waals surface area contributed by atoms with Crippen LogP contribution in [0.2, 0.25) is 0 Å². The number of hydrogen-bond donors (Lipinski definition) is 0. The lowest BCUT2D eigenvalue weighted by atomic mass is 10.3. The molecule has 0 N–H and O–H groups in total. The van der Waals surface area contributed by atoms with Gasteiger partial charge in [0.15, 0.2) is 0 Å². The van der Waals surface area contributed by atoms with Gasteiger partial charge in [0.05, 0.1) is 26.0 Å². The largest absolute Gasteiger partial charge is 0.290 e. The zero-order chi connectivity index (χ0) is 19.4. The Morgan fingerprint density at radius 1 is 0.778 bits per heavy atom. The third-order valence-corrected chi connectivity index (χ3v) is 11.1. The molecule has 3 aromatic carbocycles. The maximum atomic E-state index is 11.5. The molecule has 0 amide bonds. The summed E-state index contributed by atoms with van der Waals surface area (Å²) in [6.45, 7) is 0. The molecule has 0 saturated carbocycles. The Morgan fingerprint density at radius 2 is 1.30 bits per heavy atom. The first-order valence-electron chi connectivity index (χ1n) is 7.75. The average Bonchev–Trinajstić information content (AvgIpc) is 2.69. The smallest absolute Gasteiger partial charge is 0.258 e. The standard InChI is InChI=1S/C18H13N2O4PS2/c21-19(22)14-11-12-18(17(13-14)20(23)24)27-25(26,15-7-3-1-4-8-15)16-9-5-2-6-10-16/h1-13H. The second kappa shape index (κ2) is 8.00. The first-order valence-corrected chi connectivity index (χ1v) is 12.0. The van der Waals surface area contributed by atoms with E-state index >= 15 is 0 Å². The fourth-order valence-electron chi connectivity index (χ4n) is 2.48. The summed E-state index contributed by atoms with van der Waals surface area (Å²) in [4.78, 5) is 21.5. The van der Waals surface area contributed by atoms with Crippen LogP contribution in [0.25, 0.3) is 0 Å². The number of benzene rings is 3. The van der Waals surface area contributed by atoms with Gasteiger partial charge in [0.2, 0.25) is 0 Å². The van der Waals surface area contributed by atoms with E-state index < -0.39 is 15.1 Å². The van der Waals surface area contributed by atoms with Gasteiger partial charge in [0, 0.05) is 6.07 Å². The zero-order valence-corrected chi connectivity index (χ0v) is 16.3. The van der Waals surface area contributed by atoms with Crippen molar-refractivity contribution in [3.63, 3.8) is 0 Å². The number of non-ortho nitro benzene ring substituents is 1. The lowest BCUT2D eigenvalue weighted by molar-refractivity contribution is -0.396. The number of nitro groups is 2. The van der Waals surface area contributed by atoms with E-state index in [-0.39, 0.29) is 11.4 Å². The minimum absolute atomic E-state index is 0.310. The van der Waals surface area contributed by atoms with Gasteiger partial charge < -0.3 is 0 Å². The summed E-state index contributed by atoms with van der Waals surface area (Å²) >= 11 is 7.30. The second-order valence-corrected chi connectivity index (χ2v) is 12.8. The average molecular weight is 416 g/mol. The summed E-state index contributed by atoms with van der Waals surface area (Å²) in [5, 5.41) is 21.8. The van der Waals surface area contributed by atoms with E-state index in [9.17, 15) is 20.2 Å². The van der Waals surface area contributed by atoms with Gasteiger partial charge in [-0.2, -0.15) is 0 Å². The van der Waals surface area contributed by atoms with Crippen LogP contribution in [0, 0.1) is 20.2 Å². The van der Waals surface area contributed by atoms with Crippen LogP contribution in [0.1, 0.15) is 0 Å². The van der Waals surface area contributed by atoms with E-state index in [1.54, 1.807) is 0 Å². The Hall–Kier alpha value is -2.54. The molecule has 9 heteroatoms. The van der Waals surface area contributed by atoms with Crippen LogP contribution >= 0.6 is 16.6 Å². The molecule has 0 aromatic heterocycles. The minimum atomic E-state index is -2.48. The molecular formula is C18H13N2O4PS2. The van der Waals surface area contributed by atoms with Gasteiger partial charge in [-0.05, 0) is 16.7 Å². The van der Waals surface area contributed by atoms with Gasteiger partial charge in [-0.25, -0.2) is 0 Å². The molecule has 0 atom stereocenters. The Kier molecular flexibility index (Phi) is 5.70. The molecule has 3 rings (SSSR count). The molecule has 27 heavy (non-hydrogen) atoms. The Morgan fingerprint density at radius 3 is 1.74 bits per heavy atom. The molecule has 136 valence electrons. The van der Waals surface area contributed by atoms with Crippen LogP contribution < -0.4 is 10.6 Å². The highest BCUT2D eigenvalue weighted by molar-refractivity contribution is 8.75. The number of hydrogen-bond acceptors (Lipinski definition) is 6. The molecule has 0 heterocycles. The second-order valence-electron chi connectivity index (χ2n) is 5.48. The Balaban J connectivity index is 2.15. The highest BCUT2D eigenvalue weighted by Crippen LogP contribution is 2.61. The van der Waals surface area contributed by atoms with Crippen LogP contribution in [-0.2, 0) is 11.8 Å². The molecule has 0 aliphatic carbocycles. The molecular weight excluding hydrogens is 403 g/mol.